The molecule has 0 saturated carbocycles. The number of aliphatic imine (C=N–C) groups is 1. The summed E-state index contributed by atoms with van der Waals surface area (Å²) in [5.74, 6) is 1.85. The summed E-state index contributed by atoms with van der Waals surface area (Å²) >= 11 is 0. The summed E-state index contributed by atoms with van der Waals surface area (Å²) in [4.78, 5) is 20.6. The minimum absolute atomic E-state index is 0. The molecule has 0 aromatic carbocycles. The molecule has 0 aliphatic heterocycles. The molecule has 10 heteroatoms. The molecular formula is C18H35IN6O3. The molecule has 0 radical (unpaired) electrons. The average Bonchev–Trinajstić information content (AvgIpc) is 3.00. The number of alkyl carbamates (subject to hydrolysis) is 1. The first-order valence-electron chi connectivity index (χ1n) is 9.38. The number of hydrogen-bond acceptors (Lipinski definition) is 6. The highest BCUT2D eigenvalue weighted by atomic mass is 127. The summed E-state index contributed by atoms with van der Waals surface area (Å²) in [5.41, 5.74) is -0.959. The van der Waals surface area contributed by atoms with E-state index < -0.39 is 17.2 Å². The van der Waals surface area contributed by atoms with Crippen molar-refractivity contribution in [1.29, 1.82) is 0 Å². The molecule has 9 nitrogen and oxygen atoms in total. The average molecular weight is 510 g/mol. The van der Waals surface area contributed by atoms with E-state index in [9.17, 15) is 4.79 Å². The first-order chi connectivity index (χ1) is 12.6. The zero-order valence-electron chi connectivity index (χ0n) is 18.0. The van der Waals surface area contributed by atoms with Gasteiger partial charge in [0.05, 0.1) is 5.54 Å². The van der Waals surface area contributed by atoms with Crippen molar-refractivity contribution in [2.45, 2.75) is 71.9 Å². The van der Waals surface area contributed by atoms with Gasteiger partial charge in [-0.25, -0.2) is 4.79 Å². The highest BCUT2D eigenvalue weighted by molar-refractivity contribution is 14.0. The predicted molar refractivity (Wildman–Crippen MR) is 120 cm³/mol. The van der Waals surface area contributed by atoms with Gasteiger partial charge in [0.1, 0.15) is 5.60 Å². The summed E-state index contributed by atoms with van der Waals surface area (Å²) < 4.78 is 10.5. The van der Waals surface area contributed by atoms with Crippen molar-refractivity contribution in [3.8, 4) is 0 Å². The standard InChI is InChI=1S/C18H34N6O3.HI/c1-8-18(9-2,23-16(25)26-17(4,5)6)12-21-15(19-7)20-11-10-14-22-13(3)24-27-14;/h8-12H2,1-7H3,(H,23,25)(H2,19,20,21);1H. The smallest absolute Gasteiger partial charge is 0.408 e. The first kappa shape index (κ1) is 26.4. The van der Waals surface area contributed by atoms with Gasteiger partial charge < -0.3 is 25.2 Å². The van der Waals surface area contributed by atoms with Crippen LogP contribution in [0.15, 0.2) is 9.52 Å². The van der Waals surface area contributed by atoms with Crippen molar-refractivity contribution in [1.82, 2.24) is 26.1 Å². The van der Waals surface area contributed by atoms with E-state index in [1.54, 1.807) is 14.0 Å². The third-order valence-electron chi connectivity index (χ3n) is 4.14. The summed E-state index contributed by atoms with van der Waals surface area (Å²) in [6.07, 6.45) is 1.70. The van der Waals surface area contributed by atoms with E-state index in [1.165, 1.54) is 0 Å². The van der Waals surface area contributed by atoms with Crippen molar-refractivity contribution < 1.29 is 14.1 Å². The van der Waals surface area contributed by atoms with Gasteiger partial charge in [0.2, 0.25) is 5.89 Å². The third kappa shape index (κ3) is 9.56. The second kappa shape index (κ2) is 12.1. The number of hydrogen-bond donors (Lipinski definition) is 3. The lowest BCUT2D eigenvalue weighted by molar-refractivity contribution is 0.0448. The second-order valence-electron chi connectivity index (χ2n) is 7.45. The van der Waals surface area contributed by atoms with Crippen LogP contribution in [0.5, 0.6) is 0 Å². The maximum Gasteiger partial charge on any atom is 0.408 e. The molecule has 1 aromatic rings. The molecule has 0 fully saturated rings. The van der Waals surface area contributed by atoms with Crippen molar-refractivity contribution in [2.75, 3.05) is 20.1 Å². The lowest BCUT2D eigenvalue weighted by Crippen LogP contribution is -2.57. The minimum Gasteiger partial charge on any atom is -0.444 e. The van der Waals surface area contributed by atoms with E-state index >= 15 is 0 Å². The quantitative estimate of drug-likeness (QED) is 0.280. The molecule has 0 unspecified atom stereocenters. The molecule has 0 spiro atoms. The van der Waals surface area contributed by atoms with E-state index in [0.29, 0.717) is 37.2 Å². The molecule has 1 aromatic heterocycles. The Bertz CT molecular complexity index is 623. The van der Waals surface area contributed by atoms with Crippen LogP contribution in [0.2, 0.25) is 0 Å². The fraction of sp³-hybridized carbons (Fsp3) is 0.778. The molecule has 0 atom stereocenters. The van der Waals surface area contributed by atoms with Crippen LogP contribution in [-0.2, 0) is 11.2 Å². The number of aromatic nitrogens is 2. The van der Waals surface area contributed by atoms with E-state index in [0.717, 1.165) is 12.8 Å². The van der Waals surface area contributed by atoms with Crippen LogP contribution in [-0.4, -0.2) is 53.5 Å². The highest BCUT2D eigenvalue weighted by Crippen LogP contribution is 2.16. The Kier molecular flexibility index (Phi) is 11.4. The Balaban J connectivity index is 0.00000729. The van der Waals surface area contributed by atoms with Crippen molar-refractivity contribution >= 4 is 36.0 Å². The fourth-order valence-electron chi connectivity index (χ4n) is 2.44. The van der Waals surface area contributed by atoms with Crippen LogP contribution in [0, 0.1) is 6.92 Å². The topological polar surface area (TPSA) is 114 Å². The number of nitrogens with one attached hydrogen (secondary N) is 3. The predicted octanol–water partition coefficient (Wildman–Crippen LogP) is 2.79. The molecule has 1 amide bonds. The van der Waals surface area contributed by atoms with Crippen molar-refractivity contribution in [3.63, 3.8) is 0 Å². The number of carbonyl (C=O) groups excluding carboxylic acids is 1. The van der Waals surface area contributed by atoms with Gasteiger partial charge in [-0.3, -0.25) is 4.99 Å². The van der Waals surface area contributed by atoms with E-state index in [1.807, 2.05) is 34.6 Å². The maximum atomic E-state index is 12.2. The highest BCUT2D eigenvalue weighted by Gasteiger charge is 2.30. The fourth-order valence-corrected chi connectivity index (χ4v) is 2.44. The number of rotatable bonds is 8. The van der Waals surface area contributed by atoms with Gasteiger partial charge in [0, 0.05) is 26.6 Å². The molecule has 0 aliphatic rings. The van der Waals surface area contributed by atoms with E-state index in [-0.39, 0.29) is 24.0 Å². The number of amides is 1. The number of guanidine groups is 1. The first-order valence-corrected chi connectivity index (χ1v) is 9.38. The molecule has 28 heavy (non-hydrogen) atoms. The van der Waals surface area contributed by atoms with Gasteiger partial charge in [0.25, 0.3) is 0 Å². The third-order valence-corrected chi connectivity index (χ3v) is 4.14. The summed E-state index contributed by atoms with van der Waals surface area (Å²) in [6, 6.07) is 0. The zero-order chi connectivity index (χ0) is 20.5. The second-order valence-corrected chi connectivity index (χ2v) is 7.45. The molecular weight excluding hydrogens is 475 g/mol. The number of aryl methyl sites for hydroxylation is 1. The summed E-state index contributed by atoms with van der Waals surface area (Å²) in [6.45, 7) is 12.5. The largest absolute Gasteiger partial charge is 0.444 e. The number of ether oxygens (including phenoxy) is 1. The monoisotopic (exact) mass is 510 g/mol. The number of carbonyl (C=O) groups is 1. The van der Waals surface area contributed by atoms with Crippen LogP contribution < -0.4 is 16.0 Å². The van der Waals surface area contributed by atoms with Crippen LogP contribution in [0.1, 0.15) is 59.2 Å². The zero-order valence-corrected chi connectivity index (χ0v) is 20.3. The molecule has 3 N–H and O–H groups in total. The molecule has 1 rings (SSSR count). The van der Waals surface area contributed by atoms with Crippen LogP contribution >= 0.6 is 24.0 Å². The van der Waals surface area contributed by atoms with Crippen LogP contribution in [0.25, 0.3) is 0 Å². The van der Waals surface area contributed by atoms with Crippen molar-refractivity contribution in [3.05, 3.63) is 11.7 Å². The lowest BCUT2D eigenvalue weighted by Gasteiger charge is -2.34. The van der Waals surface area contributed by atoms with Crippen molar-refractivity contribution in [2.24, 2.45) is 4.99 Å². The lowest BCUT2D eigenvalue weighted by atomic mass is 9.93. The van der Waals surface area contributed by atoms with Crippen LogP contribution in [0.4, 0.5) is 4.79 Å². The van der Waals surface area contributed by atoms with Crippen LogP contribution in [0.3, 0.4) is 0 Å². The summed E-state index contributed by atoms with van der Waals surface area (Å²) in [7, 11) is 1.70. The minimum atomic E-state index is -0.532. The molecule has 0 saturated heterocycles. The molecule has 0 bridgehead atoms. The molecule has 1 heterocycles. The van der Waals surface area contributed by atoms with E-state index in [4.69, 9.17) is 9.26 Å². The summed E-state index contributed by atoms with van der Waals surface area (Å²) in [5, 5.41) is 13.3. The van der Waals surface area contributed by atoms with Gasteiger partial charge in [-0.2, -0.15) is 4.98 Å². The Morgan fingerprint density at radius 3 is 2.32 bits per heavy atom. The SMILES string of the molecule is CCC(CC)(CNC(=NC)NCCc1nc(C)no1)NC(=O)OC(C)(C)C.I. The Morgan fingerprint density at radius 1 is 1.21 bits per heavy atom. The van der Waals surface area contributed by atoms with Gasteiger partial charge >= 0.3 is 6.09 Å². The Labute approximate surface area is 184 Å². The van der Waals surface area contributed by atoms with Gasteiger partial charge in [-0.15, -0.1) is 24.0 Å². The number of nitrogens with zero attached hydrogens (tertiary/aromatic N) is 3. The van der Waals surface area contributed by atoms with Gasteiger partial charge in [0.15, 0.2) is 11.8 Å². The normalized spacial score (nSPS) is 12.2. The molecule has 162 valence electrons. The Morgan fingerprint density at radius 2 is 1.86 bits per heavy atom. The number of halogens is 1. The molecule has 0 aliphatic carbocycles. The van der Waals surface area contributed by atoms with E-state index in [2.05, 4.69) is 31.1 Å². The Hall–Kier alpha value is -1.59. The maximum absolute atomic E-state index is 12.2. The van der Waals surface area contributed by atoms with Gasteiger partial charge in [-0.1, -0.05) is 19.0 Å². The van der Waals surface area contributed by atoms with Gasteiger partial charge in [-0.05, 0) is 40.5 Å².